The number of nitrogens with two attached hydrogens (primary N) is 5. The second-order valence-corrected chi connectivity index (χ2v) is 34.7. The molecule has 19 N–H and O–H groups in total. The predicted molar refractivity (Wildman–Crippen MR) is 537 cm³/mol. The average molecular weight is 1940 g/mol. The molecule has 1 heterocycles. The summed E-state index contributed by atoms with van der Waals surface area (Å²) in [4.78, 5) is 90.0. The molecule has 0 aromatic heterocycles. The molecule has 5 atom stereocenters. The SMILES string of the molecule is C.C1CCOC1.CC(C)(C)OC(=O)NCCC(O)c1cccc(N)c1.CC(C)(C)OC(=O)NCCC(O)c1cccc(NC(=O)C2CCCCC2)c1.CC(C)(C)OC(=O)OC(=O)OC(C)(C)C.CCOC(C)=O.CS.Cl.Cl.N#CCC(O)c1cccc(N)c1.NCCC(O)c1cccc(N)c1.NCCC(O)c1cccc(NC(=O)C2CCCCC2)c1.O=C(Cl)C1CCCCC1.[B]C. The number of halogens is 3. The topological polar surface area (TPSA) is 504 Å². The van der Waals surface area contributed by atoms with Crippen molar-refractivity contribution in [1.82, 2.24) is 10.6 Å². The molecule has 748 valence electrons. The summed E-state index contributed by atoms with van der Waals surface area (Å²) in [5.74, 6) is 0.368. The standard InChI is InChI=1S/C21H32N2O4.C16H24N2O2.C14H22N2O3.C10H18O5.C9H14N2O.C9H10N2O.C7H11ClO.C4H8O2.C4H8O.CH3B.CH4S.CH4.2ClH/c1-21(2,3)27-20(26)22-13-12-18(24)16-10-7-11-17(14-16)23-19(25)15-8-5-4-6-9-15;17-10-9-15(19)13-7-4-8-14(11-13)18-16(20)12-5-2-1-3-6-12;1-14(2,3)19-13(18)16-8-7-12(17)10-5-4-6-11(15)9-10;1-9(2,3)14-7(11)13-8(12)15-10(4,5)6;2*10-5-4-9(12)7-2-1-3-8(11)6-7;8-7(9)6-4-2-1-3-5-6;1-3-6-4(2)5;1-2-4-5-3-1;2*1-2;;;/h7,10-11,14-15,18,24H,4-6,8-9,12-13H2,1-3H3,(H,22,26)(H,23,25);4,7-8,11-12,15,19H,1-3,5-6,9-10,17H2,(H,18,20);4-6,9,12,17H,7-8,15H2,1-3H3,(H,16,18);1-6H3;1-3,6,9,12H,4-5,10-11H2;1-3,6,9,12H,4,11H2;6H,1-5H2;3H2,1-2H3;1-4H2;1H3;2H,1H3;1H4;2*1H. The van der Waals surface area contributed by atoms with Crippen molar-refractivity contribution in [3.05, 3.63) is 149 Å². The van der Waals surface area contributed by atoms with Gasteiger partial charge in [0.2, 0.25) is 17.1 Å². The molecular weight excluding hydrogens is 1770 g/mol. The normalized spacial score (nSPS) is 14.3. The van der Waals surface area contributed by atoms with E-state index in [-0.39, 0.29) is 79.4 Å². The van der Waals surface area contributed by atoms with E-state index in [2.05, 4.69) is 51.2 Å². The highest BCUT2D eigenvalue weighted by molar-refractivity contribution is 7.79. The molecule has 30 nitrogen and oxygen atoms in total. The maximum atomic E-state index is 12.4. The number of anilines is 5. The minimum atomic E-state index is -1.06. The Kier molecular flexibility index (Phi) is 75.5. The number of carbonyl (C=O) groups is 8. The maximum Gasteiger partial charge on any atom is 0.519 e. The largest absolute Gasteiger partial charge is 0.519 e. The number of hydrogen-bond acceptors (Lipinski definition) is 27. The van der Waals surface area contributed by atoms with Gasteiger partial charge in [0.1, 0.15) is 22.4 Å². The number of rotatable bonds is 22. The summed E-state index contributed by atoms with van der Waals surface area (Å²) in [7, 11) is 4.50. The van der Waals surface area contributed by atoms with Crippen LogP contribution in [-0.4, -0.2) is 156 Å². The Labute approximate surface area is 810 Å². The minimum absolute atomic E-state index is 0. The summed E-state index contributed by atoms with van der Waals surface area (Å²) in [5.41, 5.74) is 32.1. The van der Waals surface area contributed by atoms with Crippen LogP contribution in [0.5, 0.6) is 0 Å². The monoisotopic (exact) mass is 1930 g/mol. The first-order chi connectivity index (χ1) is 60.8. The van der Waals surface area contributed by atoms with E-state index in [0.717, 1.165) is 99.8 Å². The third-order valence-electron chi connectivity index (χ3n) is 18.3. The Morgan fingerprint density at radius 2 is 0.758 bits per heavy atom. The van der Waals surface area contributed by atoms with E-state index < -0.39 is 77.4 Å². The smallest absolute Gasteiger partial charge is 0.466 e. The molecule has 4 aliphatic rings. The van der Waals surface area contributed by atoms with E-state index in [0.29, 0.717) is 92.3 Å². The highest BCUT2D eigenvalue weighted by Gasteiger charge is 2.27. The number of alkyl carbamates (subject to hydrolysis) is 2. The first-order valence-electron chi connectivity index (χ1n) is 44.3. The van der Waals surface area contributed by atoms with Crippen LogP contribution in [0.4, 0.5) is 47.6 Å². The number of aliphatic hydroxyl groups excluding tert-OH is 5. The van der Waals surface area contributed by atoms with Crippen LogP contribution < -0.4 is 49.9 Å². The van der Waals surface area contributed by atoms with Crippen LogP contribution in [0.1, 0.15) is 304 Å². The number of carbonyl (C=O) groups excluding carboxylic acids is 8. The van der Waals surface area contributed by atoms with Gasteiger partial charge in [0, 0.05) is 79.4 Å². The van der Waals surface area contributed by atoms with Gasteiger partial charge in [-0.15, -0.1) is 24.8 Å². The third kappa shape index (κ3) is 70.1. The van der Waals surface area contributed by atoms with Crippen LogP contribution >= 0.6 is 49.0 Å². The van der Waals surface area contributed by atoms with Crippen molar-refractivity contribution < 1.29 is 97.0 Å². The number of nitrogens with one attached hydrogen (secondary N) is 4. The van der Waals surface area contributed by atoms with Gasteiger partial charge in [-0.1, -0.05) is 133 Å². The first-order valence-corrected chi connectivity index (χ1v) is 45.6. The fraction of sp³-hybridized carbons (Fsp3) is 0.598. The Morgan fingerprint density at radius 1 is 0.470 bits per heavy atom. The van der Waals surface area contributed by atoms with Crippen LogP contribution in [0.3, 0.4) is 0 Å². The van der Waals surface area contributed by atoms with Gasteiger partial charge in [-0.2, -0.15) is 17.9 Å². The van der Waals surface area contributed by atoms with Gasteiger partial charge in [0.25, 0.3) is 0 Å². The Hall–Kier alpha value is -8.69. The lowest BCUT2D eigenvalue weighted by atomic mass is 9.88. The fourth-order valence-electron chi connectivity index (χ4n) is 12.3. The van der Waals surface area contributed by atoms with Crippen molar-refractivity contribution in [3.63, 3.8) is 0 Å². The van der Waals surface area contributed by atoms with Gasteiger partial charge < -0.3 is 109 Å². The maximum absolute atomic E-state index is 12.4. The van der Waals surface area contributed by atoms with Gasteiger partial charge in [0.15, 0.2) is 0 Å². The van der Waals surface area contributed by atoms with Gasteiger partial charge in [-0.25, -0.2) is 19.2 Å². The molecule has 0 bridgehead atoms. The Bertz CT molecular complexity index is 3950. The molecule has 5 aromatic carbocycles. The highest BCUT2D eigenvalue weighted by Crippen LogP contribution is 2.30. The third-order valence-corrected chi connectivity index (χ3v) is 18.6. The number of esters is 1. The lowest BCUT2D eigenvalue weighted by molar-refractivity contribution is -0.140. The van der Waals surface area contributed by atoms with Crippen LogP contribution in [0.25, 0.3) is 0 Å². The molecule has 9 rings (SSSR count). The van der Waals surface area contributed by atoms with E-state index in [1.165, 1.54) is 58.7 Å². The summed E-state index contributed by atoms with van der Waals surface area (Å²) in [5, 5.41) is 68.5. The van der Waals surface area contributed by atoms with Crippen LogP contribution in [0.2, 0.25) is 6.82 Å². The van der Waals surface area contributed by atoms with E-state index in [4.69, 9.17) is 69.2 Å². The zero-order valence-electron chi connectivity index (χ0n) is 80.1. The number of thiol groups is 1. The molecule has 3 saturated carbocycles. The number of hydrogen-bond donors (Lipinski definition) is 15. The van der Waals surface area contributed by atoms with Crippen molar-refractivity contribution in [3.8, 4) is 6.07 Å². The summed E-state index contributed by atoms with van der Waals surface area (Å²) >= 11 is 8.85. The number of nitriles is 1. The van der Waals surface area contributed by atoms with Crippen molar-refractivity contribution >= 4 is 133 Å². The van der Waals surface area contributed by atoms with Gasteiger partial charge in [-0.05, 0) is 286 Å². The van der Waals surface area contributed by atoms with Crippen molar-refractivity contribution in [2.45, 2.75) is 305 Å². The lowest BCUT2D eigenvalue weighted by Gasteiger charge is -2.21. The molecule has 1 aliphatic heterocycles. The van der Waals surface area contributed by atoms with Gasteiger partial charge in [-0.3, -0.25) is 19.2 Å². The highest BCUT2D eigenvalue weighted by atomic mass is 35.5. The van der Waals surface area contributed by atoms with E-state index in [1.54, 1.807) is 163 Å². The fourth-order valence-corrected chi connectivity index (χ4v) is 12.5. The number of aliphatic hydroxyl groups is 5. The second-order valence-electron chi connectivity index (χ2n) is 34.4. The van der Waals surface area contributed by atoms with Crippen LogP contribution in [0.15, 0.2) is 121 Å². The Balaban J connectivity index is -0.000000470. The molecule has 3 aliphatic carbocycles. The summed E-state index contributed by atoms with van der Waals surface area (Å²) in [6.07, 6.45) is 16.5. The summed E-state index contributed by atoms with van der Waals surface area (Å²) < 4.78 is 33.4. The Morgan fingerprint density at radius 3 is 1.00 bits per heavy atom. The number of nitrogens with zero attached hydrogens (tertiary/aromatic N) is 1. The molecule has 5 aromatic rings. The number of benzene rings is 5. The zero-order valence-corrected chi connectivity index (χ0v) is 83.4. The van der Waals surface area contributed by atoms with Crippen LogP contribution in [-0.2, 0) is 52.3 Å². The lowest BCUT2D eigenvalue weighted by Crippen LogP contribution is -2.33. The number of ether oxygens (including phenoxy) is 7. The van der Waals surface area contributed by atoms with E-state index in [1.807, 2.05) is 60.7 Å². The van der Waals surface area contributed by atoms with Crippen LogP contribution in [0, 0.1) is 29.1 Å². The van der Waals surface area contributed by atoms with Gasteiger partial charge in [0.05, 0.1) is 57.5 Å². The molecule has 1 saturated heterocycles. The first kappa shape index (κ1) is 132. The zero-order chi connectivity index (χ0) is 98.1. The van der Waals surface area contributed by atoms with E-state index in [9.17, 15) is 63.9 Å². The second kappa shape index (κ2) is 75.6. The molecular formula is C97H160BCl3N10O20S. The quantitative estimate of drug-likeness (QED) is 0.00582. The van der Waals surface area contributed by atoms with Crippen molar-refractivity contribution in [2.75, 3.05) is 80.1 Å². The summed E-state index contributed by atoms with van der Waals surface area (Å²) in [6, 6.07) is 37.7. The molecule has 4 fully saturated rings. The van der Waals surface area contributed by atoms with Gasteiger partial charge >= 0.3 is 30.5 Å². The summed E-state index contributed by atoms with van der Waals surface area (Å²) in [6.45, 7) is 29.5. The molecule has 5 unspecified atom stereocenters. The number of amides is 4. The molecule has 2 radical (unpaired) electrons. The molecule has 35 heteroatoms. The predicted octanol–water partition coefficient (Wildman–Crippen LogP) is 19.6. The molecule has 0 spiro atoms. The number of nitrogen functional groups attached to an aromatic ring is 3. The minimum Gasteiger partial charge on any atom is -0.466 e. The average Bonchev–Trinajstić information content (AvgIpc) is 0.868. The molecule has 132 heavy (non-hydrogen) atoms. The van der Waals surface area contributed by atoms with Crippen molar-refractivity contribution in [2.24, 2.45) is 29.2 Å². The van der Waals surface area contributed by atoms with Crippen molar-refractivity contribution in [1.29, 1.82) is 5.26 Å². The molecule has 4 amide bonds. The van der Waals surface area contributed by atoms with E-state index >= 15 is 0 Å².